The number of carbonyl (C=O) groups excluding carboxylic acids is 1. The second-order valence-electron chi connectivity index (χ2n) is 9.83. The summed E-state index contributed by atoms with van der Waals surface area (Å²) in [6, 6.07) is 15.3. The zero-order chi connectivity index (χ0) is 27.4. The number of halogens is 5. The predicted octanol–water partition coefficient (Wildman–Crippen LogP) is 8.33. The molecular weight excluding hydrogens is 545 g/mol. The molecule has 1 amide bonds. The summed E-state index contributed by atoms with van der Waals surface area (Å²) in [7, 11) is -12.8. The number of hydrogen-bond donors (Lipinski definition) is 3. The molecule has 1 fully saturated rings. The molecule has 0 saturated heterocycles. The molecule has 12 heteroatoms. The van der Waals surface area contributed by atoms with Crippen molar-refractivity contribution in [1.29, 1.82) is 4.78 Å². The maximum absolute atomic E-state index is 13.5. The van der Waals surface area contributed by atoms with Crippen molar-refractivity contribution in [3.8, 4) is 11.1 Å². The standard InChI is InChI=1S/C26H26F5N3O2S2/c27-38(28,29,30,31)24-13-7-21(8-14-24)33-20-5-11-23(12-6-20)37(32,36)22-9-3-17(4-10-22)18-1-2-19-16-26(35)34-25(19)15-18/h1-4,7-10,13-15,20,23,32-33H,5-6,11-12,16H2,(H,34,35). The highest BCUT2D eigenvalue weighted by Crippen LogP contribution is 3.02. The zero-order valence-corrected chi connectivity index (χ0v) is 21.7. The van der Waals surface area contributed by atoms with Crippen molar-refractivity contribution >= 4 is 37.2 Å². The monoisotopic (exact) mass is 571 g/mol. The smallest absolute Gasteiger partial charge is 0.310 e. The first-order chi connectivity index (χ1) is 17.6. The molecule has 38 heavy (non-hydrogen) atoms. The molecule has 3 aromatic rings. The Hall–Kier alpha value is -3.12. The second-order valence-corrected chi connectivity index (χ2v) is 14.6. The van der Waals surface area contributed by atoms with Gasteiger partial charge in [0.25, 0.3) is 0 Å². The summed E-state index contributed by atoms with van der Waals surface area (Å²) in [5.41, 5.74) is 3.79. The first kappa shape index (κ1) is 26.5. The van der Waals surface area contributed by atoms with Crippen LogP contribution < -0.4 is 10.6 Å². The van der Waals surface area contributed by atoms with Gasteiger partial charge in [-0.25, -0.2) is 8.99 Å². The highest BCUT2D eigenvalue weighted by molar-refractivity contribution is 8.45. The van der Waals surface area contributed by atoms with Gasteiger partial charge in [0.2, 0.25) is 5.91 Å². The minimum Gasteiger partial charge on any atom is -0.382 e. The molecule has 2 aliphatic rings. The fourth-order valence-electron chi connectivity index (χ4n) is 5.02. The molecule has 1 aliphatic carbocycles. The van der Waals surface area contributed by atoms with Gasteiger partial charge in [0.1, 0.15) is 4.90 Å². The van der Waals surface area contributed by atoms with Gasteiger partial charge < -0.3 is 10.6 Å². The van der Waals surface area contributed by atoms with E-state index in [4.69, 9.17) is 4.78 Å². The van der Waals surface area contributed by atoms with Gasteiger partial charge in [-0.15, -0.1) is 0 Å². The molecule has 5 rings (SSSR count). The number of benzene rings is 3. The summed E-state index contributed by atoms with van der Waals surface area (Å²) in [6.45, 7) is 0. The normalized spacial score (nSPS) is 22.9. The van der Waals surface area contributed by atoms with Crippen LogP contribution in [0.3, 0.4) is 0 Å². The molecule has 1 aliphatic heterocycles. The SMILES string of the molecule is N=S(=O)(c1ccc(-c2ccc3c(c2)NC(=O)C3)cc1)C1CCC(Nc2ccc(S(F)(F)(F)(F)F)cc2)CC1. The highest BCUT2D eigenvalue weighted by Gasteiger charge is 2.65. The van der Waals surface area contributed by atoms with E-state index in [0.29, 0.717) is 54.8 Å². The Morgan fingerprint density at radius 3 is 2.05 bits per heavy atom. The second kappa shape index (κ2) is 8.44. The van der Waals surface area contributed by atoms with Crippen LogP contribution in [0.5, 0.6) is 0 Å². The van der Waals surface area contributed by atoms with Crippen molar-refractivity contribution in [2.75, 3.05) is 10.6 Å². The lowest BCUT2D eigenvalue weighted by molar-refractivity contribution is -0.115. The highest BCUT2D eigenvalue weighted by atomic mass is 32.5. The summed E-state index contributed by atoms with van der Waals surface area (Å²) in [5.74, 6) is -0.0450. The Balaban J connectivity index is 1.21. The first-order valence-electron chi connectivity index (χ1n) is 12.0. The maximum Gasteiger partial charge on any atom is 0.310 e. The Kier molecular flexibility index (Phi) is 5.88. The van der Waals surface area contributed by atoms with Crippen molar-refractivity contribution in [2.24, 2.45) is 0 Å². The lowest BCUT2D eigenvalue weighted by Crippen LogP contribution is -2.32. The van der Waals surface area contributed by atoms with E-state index in [1.807, 2.05) is 30.3 Å². The average Bonchev–Trinajstić information content (AvgIpc) is 3.22. The van der Waals surface area contributed by atoms with Gasteiger partial charge in [0, 0.05) is 27.6 Å². The van der Waals surface area contributed by atoms with Crippen molar-refractivity contribution in [3.63, 3.8) is 0 Å². The van der Waals surface area contributed by atoms with Gasteiger partial charge >= 0.3 is 10.2 Å². The fourth-order valence-corrected chi connectivity index (χ4v) is 7.53. The Morgan fingerprint density at radius 1 is 0.842 bits per heavy atom. The lowest BCUT2D eigenvalue weighted by atomic mass is 9.95. The number of carbonyl (C=O) groups is 1. The lowest BCUT2D eigenvalue weighted by Gasteiger charge is -2.40. The van der Waals surface area contributed by atoms with E-state index >= 15 is 0 Å². The van der Waals surface area contributed by atoms with Gasteiger partial charge in [-0.2, -0.15) is 0 Å². The average molecular weight is 572 g/mol. The van der Waals surface area contributed by atoms with E-state index in [0.717, 1.165) is 34.5 Å². The van der Waals surface area contributed by atoms with Crippen molar-refractivity contribution in [3.05, 3.63) is 72.3 Å². The van der Waals surface area contributed by atoms with Crippen LogP contribution in [-0.2, 0) is 20.9 Å². The van der Waals surface area contributed by atoms with Crippen LogP contribution >= 0.6 is 10.2 Å². The van der Waals surface area contributed by atoms with Crippen LogP contribution in [0.4, 0.5) is 30.8 Å². The van der Waals surface area contributed by atoms with Crippen molar-refractivity contribution in [1.82, 2.24) is 0 Å². The topological polar surface area (TPSA) is 82.1 Å². The molecule has 1 unspecified atom stereocenters. The number of fused-ring (bicyclic) bond motifs is 1. The van der Waals surface area contributed by atoms with Gasteiger partial charge in [-0.3, -0.25) is 4.79 Å². The van der Waals surface area contributed by atoms with E-state index in [2.05, 4.69) is 10.6 Å². The van der Waals surface area contributed by atoms with Crippen LogP contribution in [0.1, 0.15) is 31.2 Å². The molecule has 0 spiro atoms. The van der Waals surface area contributed by atoms with Gasteiger partial charge in [0.05, 0.1) is 16.1 Å². The van der Waals surface area contributed by atoms with Gasteiger partial charge in [0.15, 0.2) is 0 Å². The molecule has 0 aromatic heterocycles. The maximum atomic E-state index is 13.5. The number of rotatable bonds is 6. The molecule has 0 bridgehead atoms. The number of amides is 1. The zero-order valence-electron chi connectivity index (χ0n) is 20.1. The Morgan fingerprint density at radius 2 is 1.45 bits per heavy atom. The summed E-state index contributed by atoms with van der Waals surface area (Å²) in [6.07, 6.45) is 2.41. The number of hydrogen-bond acceptors (Lipinski definition) is 4. The van der Waals surface area contributed by atoms with E-state index < -0.39 is 24.8 Å². The molecule has 1 saturated carbocycles. The van der Waals surface area contributed by atoms with Crippen LogP contribution in [0.15, 0.2) is 76.5 Å². The Labute approximate surface area is 217 Å². The molecule has 5 nitrogen and oxygen atoms in total. The van der Waals surface area contributed by atoms with E-state index in [1.165, 1.54) is 0 Å². The van der Waals surface area contributed by atoms with Crippen molar-refractivity contribution < 1.29 is 28.4 Å². The number of nitrogens with one attached hydrogen (secondary N) is 3. The molecule has 204 valence electrons. The predicted molar refractivity (Wildman–Crippen MR) is 141 cm³/mol. The van der Waals surface area contributed by atoms with Gasteiger partial charge in [-0.05, 0) is 84.8 Å². The molecule has 1 atom stereocenters. The summed E-state index contributed by atoms with van der Waals surface area (Å²) in [4.78, 5) is 10.1. The third kappa shape index (κ3) is 5.51. The van der Waals surface area contributed by atoms with Crippen LogP contribution in [0.25, 0.3) is 11.1 Å². The molecule has 3 N–H and O–H groups in total. The quantitative estimate of drug-likeness (QED) is 0.260. The minimum absolute atomic E-state index is 0.0450. The van der Waals surface area contributed by atoms with Gasteiger partial charge in [-0.1, -0.05) is 43.7 Å². The third-order valence-electron chi connectivity index (χ3n) is 7.09. The molecule has 1 heterocycles. The molecule has 3 aromatic carbocycles. The summed E-state index contributed by atoms with van der Waals surface area (Å²) in [5, 5.41) is 5.51. The van der Waals surface area contributed by atoms with E-state index in [1.54, 1.807) is 12.1 Å². The summed E-state index contributed by atoms with van der Waals surface area (Å²) >= 11 is 0. The third-order valence-corrected chi connectivity index (χ3v) is 10.6. The minimum atomic E-state index is -9.71. The number of anilines is 2. The van der Waals surface area contributed by atoms with E-state index in [-0.39, 0.29) is 17.2 Å². The fraction of sp³-hybridized carbons (Fsp3) is 0.269. The van der Waals surface area contributed by atoms with Crippen LogP contribution in [0.2, 0.25) is 0 Å². The molecular formula is C26H26F5N3O2S2. The summed E-state index contributed by atoms with van der Waals surface area (Å²) < 4.78 is 86.7. The largest absolute Gasteiger partial charge is 0.382 e. The van der Waals surface area contributed by atoms with Crippen LogP contribution in [0, 0.1) is 4.78 Å². The molecule has 0 radical (unpaired) electrons. The Bertz CT molecular complexity index is 1500. The first-order valence-corrected chi connectivity index (χ1v) is 15.6. The van der Waals surface area contributed by atoms with Crippen LogP contribution in [-0.4, -0.2) is 21.4 Å². The van der Waals surface area contributed by atoms with E-state index in [9.17, 15) is 28.4 Å². The van der Waals surface area contributed by atoms with Crippen molar-refractivity contribution in [2.45, 2.75) is 53.2 Å².